The molecule has 0 saturated carbocycles. The van der Waals surface area contributed by atoms with E-state index in [1.165, 1.54) is 0 Å². The van der Waals surface area contributed by atoms with E-state index in [0.717, 1.165) is 5.52 Å². The first-order valence-electron chi connectivity index (χ1n) is 4.29. The molecule has 0 fully saturated rings. The molecule has 2 aromatic heterocycles. The first kappa shape index (κ1) is 8.96. The molecule has 2 aromatic rings. The van der Waals surface area contributed by atoms with Crippen molar-refractivity contribution in [1.82, 2.24) is 15.0 Å². The van der Waals surface area contributed by atoms with Gasteiger partial charge in [0.25, 0.3) is 0 Å². The van der Waals surface area contributed by atoms with Crippen molar-refractivity contribution < 1.29 is 9.84 Å². The van der Waals surface area contributed by atoms with Crippen LogP contribution in [0.2, 0.25) is 0 Å². The Morgan fingerprint density at radius 1 is 1.43 bits per heavy atom. The molecule has 5 heteroatoms. The van der Waals surface area contributed by atoms with Crippen molar-refractivity contribution in [2.24, 2.45) is 0 Å². The number of hydrogen-bond acceptors (Lipinski definition) is 4. The molecule has 2 rings (SSSR count). The van der Waals surface area contributed by atoms with Crippen LogP contribution in [-0.4, -0.2) is 27.2 Å². The van der Waals surface area contributed by atoms with Crippen LogP contribution in [0.5, 0.6) is 5.88 Å². The second kappa shape index (κ2) is 3.26. The highest BCUT2D eigenvalue weighted by Crippen LogP contribution is 2.16. The molecule has 0 unspecified atom stereocenters. The quantitative estimate of drug-likeness (QED) is 0.747. The molecule has 0 spiro atoms. The average Bonchev–Trinajstić information content (AvgIpc) is 2.59. The first-order chi connectivity index (χ1) is 6.70. The SMILES string of the molecule is COc1ccc2[nH]c([C@H](C)O)nc2n1. The van der Waals surface area contributed by atoms with E-state index in [0.29, 0.717) is 17.4 Å². The Bertz CT molecular complexity index is 450. The second-order valence-electron chi connectivity index (χ2n) is 3.02. The molecule has 74 valence electrons. The van der Waals surface area contributed by atoms with E-state index in [-0.39, 0.29) is 0 Å². The van der Waals surface area contributed by atoms with Crippen LogP contribution < -0.4 is 4.74 Å². The number of aromatic nitrogens is 3. The van der Waals surface area contributed by atoms with Crippen molar-refractivity contribution in [1.29, 1.82) is 0 Å². The normalized spacial score (nSPS) is 13.1. The lowest BCUT2D eigenvalue weighted by Crippen LogP contribution is -1.92. The number of fused-ring (bicyclic) bond motifs is 1. The van der Waals surface area contributed by atoms with Crippen LogP contribution in [-0.2, 0) is 0 Å². The summed E-state index contributed by atoms with van der Waals surface area (Å²) in [7, 11) is 1.55. The van der Waals surface area contributed by atoms with Gasteiger partial charge in [0, 0.05) is 6.07 Å². The number of aromatic amines is 1. The van der Waals surface area contributed by atoms with Gasteiger partial charge in [0.05, 0.1) is 12.6 Å². The highest BCUT2D eigenvalue weighted by molar-refractivity contribution is 5.71. The second-order valence-corrected chi connectivity index (χ2v) is 3.02. The monoisotopic (exact) mass is 193 g/mol. The lowest BCUT2D eigenvalue weighted by atomic mass is 10.4. The van der Waals surface area contributed by atoms with Crippen LogP contribution in [0.3, 0.4) is 0 Å². The molecular weight excluding hydrogens is 182 g/mol. The molecule has 2 heterocycles. The summed E-state index contributed by atoms with van der Waals surface area (Å²) < 4.78 is 4.96. The summed E-state index contributed by atoms with van der Waals surface area (Å²) in [5, 5.41) is 9.30. The van der Waals surface area contributed by atoms with E-state index in [1.54, 1.807) is 20.1 Å². The zero-order valence-electron chi connectivity index (χ0n) is 7.98. The van der Waals surface area contributed by atoms with Crippen molar-refractivity contribution in [2.45, 2.75) is 13.0 Å². The first-order valence-corrected chi connectivity index (χ1v) is 4.29. The summed E-state index contributed by atoms with van der Waals surface area (Å²) in [6, 6.07) is 3.56. The summed E-state index contributed by atoms with van der Waals surface area (Å²) in [4.78, 5) is 11.2. The summed E-state index contributed by atoms with van der Waals surface area (Å²) in [6.07, 6.45) is -0.616. The third kappa shape index (κ3) is 1.42. The third-order valence-corrected chi connectivity index (χ3v) is 1.94. The van der Waals surface area contributed by atoms with E-state index in [2.05, 4.69) is 15.0 Å². The molecule has 0 saturated heterocycles. The van der Waals surface area contributed by atoms with Crippen LogP contribution in [0.4, 0.5) is 0 Å². The Morgan fingerprint density at radius 3 is 2.86 bits per heavy atom. The van der Waals surface area contributed by atoms with Crippen LogP contribution in [0, 0.1) is 0 Å². The van der Waals surface area contributed by atoms with Crippen LogP contribution in [0.1, 0.15) is 18.9 Å². The van der Waals surface area contributed by atoms with E-state index < -0.39 is 6.10 Å². The Balaban J connectivity index is 2.54. The molecule has 0 aliphatic rings. The van der Waals surface area contributed by atoms with Gasteiger partial charge in [-0.2, -0.15) is 4.98 Å². The topological polar surface area (TPSA) is 71.0 Å². The number of pyridine rings is 1. The number of aliphatic hydroxyl groups is 1. The average molecular weight is 193 g/mol. The largest absolute Gasteiger partial charge is 0.481 e. The number of methoxy groups -OCH3 is 1. The minimum absolute atomic E-state index is 0.515. The molecule has 0 aromatic carbocycles. The lowest BCUT2D eigenvalue weighted by Gasteiger charge is -1.95. The molecule has 0 aliphatic carbocycles. The van der Waals surface area contributed by atoms with Crippen LogP contribution in [0.25, 0.3) is 11.2 Å². The maximum Gasteiger partial charge on any atom is 0.215 e. The maximum absolute atomic E-state index is 9.30. The molecular formula is C9H11N3O2. The fourth-order valence-electron chi connectivity index (χ4n) is 1.21. The number of nitrogens with zero attached hydrogens (tertiary/aromatic N) is 2. The van der Waals surface area contributed by atoms with Gasteiger partial charge in [-0.15, -0.1) is 0 Å². The minimum atomic E-state index is -0.616. The van der Waals surface area contributed by atoms with Gasteiger partial charge in [0.15, 0.2) is 5.65 Å². The number of nitrogens with one attached hydrogen (secondary N) is 1. The number of rotatable bonds is 2. The molecule has 2 N–H and O–H groups in total. The molecule has 14 heavy (non-hydrogen) atoms. The number of H-pyrrole nitrogens is 1. The van der Waals surface area contributed by atoms with Crippen LogP contribution >= 0.6 is 0 Å². The van der Waals surface area contributed by atoms with Crippen molar-refractivity contribution >= 4 is 11.2 Å². The molecule has 1 atom stereocenters. The number of aliphatic hydroxyl groups excluding tert-OH is 1. The van der Waals surface area contributed by atoms with Crippen molar-refractivity contribution in [2.75, 3.05) is 7.11 Å². The Labute approximate surface area is 80.8 Å². The van der Waals surface area contributed by atoms with Gasteiger partial charge >= 0.3 is 0 Å². The van der Waals surface area contributed by atoms with Gasteiger partial charge in [-0.25, -0.2) is 4.98 Å². The summed E-state index contributed by atoms with van der Waals surface area (Å²) >= 11 is 0. The van der Waals surface area contributed by atoms with Gasteiger partial charge in [0.2, 0.25) is 5.88 Å². The Kier molecular flexibility index (Phi) is 2.09. The fourth-order valence-corrected chi connectivity index (χ4v) is 1.21. The summed E-state index contributed by atoms with van der Waals surface area (Å²) in [5.74, 6) is 1.03. The summed E-state index contributed by atoms with van der Waals surface area (Å²) in [5.41, 5.74) is 1.35. The number of hydrogen-bond donors (Lipinski definition) is 2. The predicted octanol–water partition coefficient (Wildman–Crippen LogP) is 1.02. The standard InChI is InChI=1S/C9H11N3O2/c1-5(13)8-10-6-3-4-7(14-2)11-9(6)12-8/h3-5,13H,1-2H3,(H,10,11,12)/t5-/m0/s1. The van der Waals surface area contributed by atoms with Crippen molar-refractivity contribution in [3.05, 3.63) is 18.0 Å². The van der Waals surface area contributed by atoms with Gasteiger partial charge in [-0.1, -0.05) is 0 Å². The minimum Gasteiger partial charge on any atom is -0.481 e. The third-order valence-electron chi connectivity index (χ3n) is 1.94. The van der Waals surface area contributed by atoms with E-state index >= 15 is 0 Å². The lowest BCUT2D eigenvalue weighted by molar-refractivity contribution is 0.190. The van der Waals surface area contributed by atoms with E-state index in [9.17, 15) is 5.11 Å². The maximum atomic E-state index is 9.30. The van der Waals surface area contributed by atoms with Gasteiger partial charge < -0.3 is 14.8 Å². The summed E-state index contributed by atoms with van der Waals surface area (Å²) in [6.45, 7) is 1.65. The van der Waals surface area contributed by atoms with Crippen molar-refractivity contribution in [3.63, 3.8) is 0 Å². The molecule has 5 nitrogen and oxygen atoms in total. The number of imidazole rings is 1. The molecule has 0 aliphatic heterocycles. The van der Waals surface area contributed by atoms with Gasteiger partial charge in [-0.3, -0.25) is 0 Å². The highest BCUT2D eigenvalue weighted by atomic mass is 16.5. The smallest absolute Gasteiger partial charge is 0.215 e. The Morgan fingerprint density at radius 2 is 2.21 bits per heavy atom. The molecule has 0 bridgehead atoms. The van der Waals surface area contributed by atoms with Gasteiger partial charge in [0.1, 0.15) is 11.9 Å². The number of ether oxygens (including phenoxy) is 1. The van der Waals surface area contributed by atoms with Gasteiger partial charge in [-0.05, 0) is 13.0 Å². The van der Waals surface area contributed by atoms with Crippen LogP contribution in [0.15, 0.2) is 12.1 Å². The van der Waals surface area contributed by atoms with Crippen molar-refractivity contribution in [3.8, 4) is 5.88 Å². The zero-order chi connectivity index (χ0) is 10.1. The predicted molar refractivity (Wildman–Crippen MR) is 51.1 cm³/mol. The zero-order valence-corrected chi connectivity index (χ0v) is 7.98. The molecule has 0 amide bonds. The fraction of sp³-hybridized carbons (Fsp3) is 0.333. The van der Waals surface area contributed by atoms with E-state index in [4.69, 9.17) is 4.74 Å². The van der Waals surface area contributed by atoms with E-state index in [1.807, 2.05) is 6.07 Å². The molecule has 0 radical (unpaired) electrons. The highest BCUT2D eigenvalue weighted by Gasteiger charge is 2.08. The Hall–Kier alpha value is -1.62.